The molecule has 0 bridgehead atoms. The summed E-state index contributed by atoms with van der Waals surface area (Å²) >= 11 is 0. The van der Waals surface area contributed by atoms with Crippen molar-refractivity contribution in [1.82, 2.24) is 34.4 Å². The lowest BCUT2D eigenvalue weighted by Crippen LogP contribution is -2.34. The number of nitrogens with one attached hydrogen (secondary N) is 1. The van der Waals surface area contributed by atoms with E-state index in [1.165, 1.54) is 31.2 Å². The van der Waals surface area contributed by atoms with E-state index in [1.54, 1.807) is 42.5 Å². The highest BCUT2D eigenvalue weighted by Crippen LogP contribution is 2.36. The zero-order valence-electron chi connectivity index (χ0n) is 20.4. The molecular weight excluding hydrogens is 514 g/mol. The molecule has 0 unspecified atom stereocenters. The van der Waals surface area contributed by atoms with Gasteiger partial charge < -0.3 is 14.2 Å². The Kier molecular flexibility index (Phi) is 6.87. The summed E-state index contributed by atoms with van der Waals surface area (Å²) in [6, 6.07) is 11.7. The van der Waals surface area contributed by atoms with E-state index in [0.717, 1.165) is 12.8 Å². The van der Waals surface area contributed by atoms with E-state index >= 15 is 0 Å². The number of hydrogen-bond acceptors (Lipinski definition) is 11. The second kappa shape index (κ2) is 10.4. The van der Waals surface area contributed by atoms with Gasteiger partial charge in [-0.25, -0.2) is 28.1 Å². The van der Waals surface area contributed by atoms with Crippen molar-refractivity contribution in [3.63, 3.8) is 0 Å². The monoisotopic (exact) mass is 539 g/mol. The Bertz CT molecular complexity index is 1560. The predicted octanol–water partition coefficient (Wildman–Crippen LogP) is 2.18. The van der Waals surface area contributed by atoms with Gasteiger partial charge >= 0.3 is 5.91 Å². The van der Waals surface area contributed by atoms with Crippen LogP contribution in [0.4, 0.5) is 0 Å². The minimum absolute atomic E-state index is 0. The van der Waals surface area contributed by atoms with E-state index < -0.39 is 21.7 Å². The summed E-state index contributed by atoms with van der Waals surface area (Å²) in [6.45, 7) is 0. The first-order valence-electron chi connectivity index (χ1n) is 11.5. The van der Waals surface area contributed by atoms with Gasteiger partial charge in [-0.2, -0.15) is 0 Å². The van der Waals surface area contributed by atoms with Gasteiger partial charge in [-0.15, -0.1) is 10.2 Å². The Balaban J connectivity index is 0.00000353. The number of pyridine rings is 1. The second-order valence-electron chi connectivity index (χ2n) is 8.23. The van der Waals surface area contributed by atoms with Crippen molar-refractivity contribution in [2.75, 3.05) is 14.2 Å². The van der Waals surface area contributed by atoms with Crippen LogP contribution in [0, 0.1) is 0 Å². The van der Waals surface area contributed by atoms with Gasteiger partial charge in [0.2, 0.25) is 21.7 Å². The maximum absolute atomic E-state index is 13.3. The van der Waals surface area contributed by atoms with Gasteiger partial charge in [0.25, 0.3) is 0 Å². The van der Waals surface area contributed by atoms with Gasteiger partial charge in [-0.1, -0.05) is 12.1 Å². The van der Waals surface area contributed by atoms with Crippen molar-refractivity contribution < 1.29 is 28.8 Å². The van der Waals surface area contributed by atoms with Crippen LogP contribution >= 0.6 is 0 Å². The van der Waals surface area contributed by atoms with Crippen LogP contribution in [0.5, 0.6) is 17.4 Å². The van der Waals surface area contributed by atoms with Crippen LogP contribution in [0.25, 0.3) is 17.2 Å². The third kappa shape index (κ3) is 5.39. The summed E-state index contributed by atoms with van der Waals surface area (Å²) < 4.78 is 45.8. The smallest absolute Gasteiger partial charge is 0.303 e. The van der Waals surface area contributed by atoms with Crippen molar-refractivity contribution in [3.8, 4) is 34.6 Å². The van der Waals surface area contributed by atoms with Crippen molar-refractivity contribution >= 4 is 15.9 Å². The number of carbonyl (C=O) groups excluding carboxylic acids is 1. The summed E-state index contributed by atoms with van der Waals surface area (Å²) in [5.41, 5.74) is 0.616. The molecule has 0 radical (unpaired) electrons. The van der Waals surface area contributed by atoms with E-state index in [0.29, 0.717) is 23.1 Å². The standard InChI is InChI=1S/C24H23N7O6S.H2/c1-35-17-7-4-8-18(36-2)21(17)31-22(16-6-3-9-20(27-16)37-15-10-11-15)28-29-23(31)24(32)30-38(33,34)14-19-25-12-5-13-26-19;/h3-9,12-13,15H,10-11,14H2,1-2H3,(H,30,32);1H. The Labute approximate surface area is 219 Å². The van der Waals surface area contributed by atoms with E-state index in [9.17, 15) is 13.2 Å². The van der Waals surface area contributed by atoms with E-state index in [1.807, 2.05) is 4.72 Å². The molecule has 1 aliphatic carbocycles. The number of ether oxygens (including phenoxy) is 3. The van der Waals surface area contributed by atoms with Gasteiger partial charge in [-0.3, -0.25) is 9.36 Å². The largest absolute Gasteiger partial charge is 0.494 e. The molecule has 198 valence electrons. The van der Waals surface area contributed by atoms with Crippen LogP contribution in [-0.4, -0.2) is 64.4 Å². The molecule has 0 saturated heterocycles. The molecule has 0 spiro atoms. The van der Waals surface area contributed by atoms with Gasteiger partial charge in [0.1, 0.15) is 40.6 Å². The maximum atomic E-state index is 13.3. The number of sulfonamides is 1. The normalized spacial score (nSPS) is 13.1. The fourth-order valence-electron chi connectivity index (χ4n) is 3.62. The highest BCUT2D eigenvalue weighted by Gasteiger charge is 2.30. The molecule has 1 amide bonds. The molecule has 13 nitrogen and oxygen atoms in total. The molecule has 0 aliphatic heterocycles. The Hall–Kier alpha value is -4.59. The van der Waals surface area contributed by atoms with E-state index in [4.69, 9.17) is 14.2 Å². The lowest BCUT2D eigenvalue weighted by Gasteiger charge is -2.17. The molecule has 4 aromatic rings. The summed E-state index contributed by atoms with van der Waals surface area (Å²) in [7, 11) is -1.28. The zero-order valence-corrected chi connectivity index (χ0v) is 21.3. The SMILES string of the molecule is COc1cccc(OC)c1-n1c(C(=O)NS(=O)(=O)Cc2ncccn2)nnc1-c1cccc(OC2CC2)n1.[HH]. The molecule has 0 atom stereocenters. The molecule has 3 heterocycles. The zero-order chi connectivity index (χ0) is 26.7. The van der Waals surface area contributed by atoms with Gasteiger partial charge in [0.05, 0.1) is 14.2 Å². The average molecular weight is 540 g/mol. The third-order valence-corrected chi connectivity index (χ3v) is 6.58. The molecule has 1 fully saturated rings. The quantitative estimate of drug-likeness (QED) is 0.314. The summed E-state index contributed by atoms with van der Waals surface area (Å²) in [6.07, 6.45) is 4.83. The topological polar surface area (TPSA) is 160 Å². The molecule has 1 aliphatic rings. The fraction of sp³-hybridized carbons (Fsp3) is 0.250. The highest BCUT2D eigenvalue weighted by molar-refractivity contribution is 7.89. The van der Waals surface area contributed by atoms with Gasteiger partial charge in [0.15, 0.2) is 5.82 Å². The van der Waals surface area contributed by atoms with Crippen LogP contribution in [0.1, 0.15) is 30.7 Å². The lowest BCUT2D eigenvalue weighted by molar-refractivity contribution is 0.0969. The highest BCUT2D eigenvalue weighted by atomic mass is 32.2. The summed E-state index contributed by atoms with van der Waals surface area (Å²) in [4.78, 5) is 25.7. The first-order valence-corrected chi connectivity index (χ1v) is 13.2. The first-order chi connectivity index (χ1) is 18.4. The minimum Gasteiger partial charge on any atom is -0.494 e. The fourth-order valence-corrected chi connectivity index (χ4v) is 4.56. The number of carbonyl (C=O) groups is 1. The molecule has 38 heavy (non-hydrogen) atoms. The number of methoxy groups -OCH3 is 2. The second-order valence-corrected chi connectivity index (χ2v) is 9.95. The van der Waals surface area contributed by atoms with Crippen LogP contribution in [0.3, 0.4) is 0 Å². The van der Waals surface area contributed by atoms with Gasteiger partial charge in [-0.05, 0) is 37.1 Å². The molecular formula is C24H25N7O6S. The van der Waals surface area contributed by atoms with Crippen LogP contribution in [0.2, 0.25) is 0 Å². The number of amides is 1. The molecule has 5 rings (SSSR count). The van der Waals surface area contributed by atoms with Crippen molar-refractivity contribution in [3.05, 3.63) is 66.5 Å². The number of nitrogens with zero attached hydrogens (tertiary/aromatic N) is 6. The number of hydrogen-bond donors (Lipinski definition) is 1. The van der Waals surface area contributed by atoms with Crippen LogP contribution < -0.4 is 18.9 Å². The van der Waals surface area contributed by atoms with Crippen molar-refractivity contribution in [2.24, 2.45) is 0 Å². The van der Waals surface area contributed by atoms with E-state index in [-0.39, 0.29) is 30.7 Å². The van der Waals surface area contributed by atoms with E-state index in [2.05, 4.69) is 25.1 Å². The van der Waals surface area contributed by atoms with Crippen LogP contribution in [0.15, 0.2) is 54.9 Å². The predicted molar refractivity (Wildman–Crippen MR) is 136 cm³/mol. The van der Waals surface area contributed by atoms with Crippen LogP contribution in [-0.2, 0) is 15.8 Å². The minimum atomic E-state index is -4.18. The first kappa shape index (κ1) is 25.1. The van der Waals surface area contributed by atoms with Crippen molar-refractivity contribution in [1.29, 1.82) is 0 Å². The maximum Gasteiger partial charge on any atom is 0.303 e. The molecule has 1 N–H and O–H groups in total. The third-order valence-electron chi connectivity index (χ3n) is 5.44. The molecule has 3 aromatic heterocycles. The summed E-state index contributed by atoms with van der Waals surface area (Å²) in [5, 5.41) is 8.22. The Morgan fingerprint density at radius 1 is 1.03 bits per heavy atom. The summed E-state index contributed by atoms with van der Waals surface area (Å²) in [5.74, 6) is -0.769. The molecule has 14 heteroatoms. The number of rotatable bonds is 10. The number of aromatic nitrogens is 6. The van der Waals surface area contributed by atoms with Gasteiger partial charge in [0, 0.05) is 19.9 Å². The van der Waals surface area contributed by atoms with Crippen molar-refractivity contribution in [2.45, 2.75) is 24.7 Å². The number of para-hydroxylation sites is 1. The molecule has 1 aromatic carbocycles. The number of benzene rings is 1. The Morgan fingerprint density at radius 2 is 1.71 bits per heavy atom. The average Bonchev–Trinajstić information content (AvgIpc) is 3.61. The molecule has 1 saturated carbocycles. The lowest BCUT2D eigenvalue weighted by atomic mass is 10.2. The Morgan fingerprint density at radius 3 is 2.37 bits per heavy atom.